The summed E-state index contributed by atoms with van der Waals surface area (Å²) in [5.74, 6) is 0. The van der Waals surface area contributed by atoms with Crippen LogP contribution in [-0.2, 0) is 13.9 Å². The third-order valence-corrected chi connectivity index (χ3v) is 6.90. The minimum absolute atomic E-state index is 0.0178. The Morgan fingerprint density at radius 3 is 1.89 bits per heavy atom. The molecule has 5 nitrogen and oxygen atoms in total. The highest BCUT2D eigenvalue weighted by atomic mass is 31.2. The Kier molecular flexibility index (Phi) is 9.65. The molecule has 0 aromatic heterocycles. The fourth-order valence-corrected chi connectivity index (χ4v) is 6.35. The summed E-state index contributed by atoms with van der Waals surface area (Å²) in [4.78, 5) is 5.76. The smallest absolute Gasteiger partial charge is 0.259 e. The first-order valence-corrected chi connectivity index (χ1v) is 11.8. The fourth-order valence-electron chi connectivity index (χ4n) is 4.32. The van der Waals surface area contributed by atoms with Gasteiger partial charge in [0.05, 0.1) is 20.3 Å². The van der Waals surface area contributed by atoms with Crippen LogP contribution in [0.4, 0.5) is 0 Å². The molecule has 0 aromatic rings. The van der Waals surface area contributed by atoms with E-state index in [4.69, 9.17) is 13.9 Å². The Morgan fingerprint density at radius 2 is 1.48 bits per heavy atom. The van der Waals surface area contributed by atoms with Gasteiger partial charge < -0.3 is 13.9 Å². The average Bonchev–Trinajstić information content (AvgIpc) is 2.56. The summed E-state index contributed by atoms with van der Waals surface area (Å²) < 4.78 is 15.0. The first-order valence-electron chi connectivity index (χ1n) is 10.7. The second-order valence-corrected chi connectivity index (χ2v) is 11.1. The van der Waals surface area contributed by atoms with Gasteiger partial charge in [-0.05, 0) is 47.0 Å². The van der Waals surface area contributed by atoms with Crippen LogP contribution in [0.25, 0.3) is 0 Å². The lowest BCUT2D eigenvalue weighted by atomic mass is 9.79. The largest absolute Gasteiger partial charge is 0.321 e. The van der Waals surface area contributed by atoms with Gasteiger partial charge >= 0.3 is 0 Å². The van der Waals surface area contributed by atoms with E-state index in [1.54, 1.807) is 7.11 Å². The molecule has 2 rings (SSSR count). The van der Waals surface area contributed by atoms with Gasteiger partial charge in [0.15, 0.2) is 0 Å². The molecular weight excluding hydrogens is 359 g/mol. The molecule has 0 aromatic carbocycles. The predicted octanol–water partition coefficient (Wildman–Crippen LogP) is 6.00. The molecular formula is C21H45N2O3P. The highest BCUT2D eigenvalue weighted by Gasteiger charge is 2.49. The van der Waals surface area contributed by atoms with Crippen molar-refractivity contribution in [2.24, 2.45) is 5.41 Å². The highest BCUT2D eigenvalue weighted by molar-refractivity contribution is 7.44. The molecule has 0 spiro atoms. The lowest BCUT2D eigenvalue weighted by Crippen LogP contribution is -2.63. The standard InChI is InChI=1S/C19H39N2O3P.C2H6/c1-9-10-11-20(25-23-14-17(2,3)15-24-25)16-12-18(4,5)21(22-8)19(6,7)13-16;1-2/h16H,9-15H2,1-8H3;1-2H3. The molecule has 2 fully saturated rings. The molecule has 27 heavy (non-hydrogen) atoms. The molecule has 2 aliphatic rings. The van der Waals surface area contributed by atoms with Crippen molar-refractivity contribution in [2.75, 3.05) is 26.9 Å². The number of piperidine rings is 1. The van der Waals surface area contributed by atoms with Crippen LogP contribution in [0.5, 0.6) is 0 Å². The van der Waals surface area contributed by atoms with Crippen molar-refractivity contribution in [3.8, 4) is 0 Å². The Morgan fingerprint density at radius 1 is 1.00 bits per heavy atom. The molecule has 0 saturated carbocycles. The van der Waals surface area contributed by atoms with E-state index in [2.05, 4.69) is 58.2 Å². The zero-order valence-electron chi connectivity index (χ0n) is 19.6. The van der Waals surface area contributed by atoms with Gasteiger partial charge in [-0.1, -0.05) is 41.0 Å². The van der Waals surface area contributed by atoms with Gasteiger partial charge in [-0.3, -0.25) is 0 Å². The predicted molar refractivity (Wildman–Crippen MR) is 116 cm³/mol. The number of hydroxylamine groups is 2. The van der Waals surface area contributed by atoms with Crippen molar-refractivity contribution in [2.45, 2.75) is 105 Å². The molecule has 0 radical (unpaired) electrons. The maximum absolute atomic E-state index is 6.22. The van der Waals surface area contributed by atoms with E-state index >= 15 is 0 Å². The molecule has 2 aliphatic heterocycles. The molecule has 0 N–H and O–H groups in total. The van der Waals surface area contributed by atoms with Crippen LogP contribution in [-0.4, -0.2) is 53.7 Å². The average molecular weight is 405 g/mol. The lowest BCUT2D eigenvalue weighted by Gasteiger charge is -2.56. The van der Waals surface area contributed by atoms with Crippen molar-refractivity contribution in [3.63, 3.8) is 0 Å². The van der Waals surface area contributed by atoms with Gasteiger partial charge in [-0.25, -0.2) is 4.67 Å². The van der Waals surface area contributed by atoms with Crippen LogP contribution in [0.15, 0.2) is 0 Å². The number of unbranched alkanes of at least 4 members (excludes halogenated alkanes) is 1. The molecule has 2 saturated heterocycles. The summed E-state index contributed by atoms with van der Waals surface area (Å²) in [5, 5.41) is 2.17. The van der Waals surface area contributed by atoms with Crippen LogP contribution in [0.3, 0.4) is 0 Å². The number of hydrogen-bond donors (Lipinski definition) is 0. The number of rotatable bonds is 6. The molecule has 0 aliphatic carbocycles. The monoisotopic (exact) mass is 404 g/mol. The van der Waals surface area contributed by atoms with Crippen molar-refractivity contribution >= 4 is 8.53 Å². The number of nitrogens with zero attached hydrogens (tertiary/aromatic N) is 2. The van der Waals surface area contributed by atoms with Crippen LogP contribution >= 0.6 is 8.53 Å². The van der Waals surface area contributed by atoms with E-state index in [0.29, 0.717) is 6.04 Å². The first-order chi connectivity index (χ1) is 12.5. The van der Waals surface area contributed by atoms with Crippen molar-refractivity contribution in [1.29, 1.82) is 0 Å². The van der Waals surface area contributed by atoms with Gasteiger partial charge in [-0.15, -0.1) is 0 Å². The zero-order chi connectivity index (χ0) is 20.9. The molecule has 6 heteroatoms. The van der Waals surface area contributed by atoms with E-state index < -0.39 is 8.53 Å². The molecule has 0 atom stereocenters. The van der Waals surface area contributed by atoms with Crippen LogP contribution in [0.1, 0.15) is 88.0 Å². The third-order valence-electron chi connectivity index (χ3n) is 5.26. The lowest BCUT2D eigenvalue weighted by molar-refractivity contribution is -0.270. The molecule has 2 heterocycles. The van der Waals surface area contributed by atoms with Crippen molar-refractivity contribution < 1.29 is 13.9 Å². The zero-order valence-corrected chi connectivity index (χ0v) is 20.5. The molecule has 0 amide bonds. The highest BCUT2D eigenvalue weighted by Crippen LogP contribution is 2.53. The van der Waals surface area contributed by atoms with Crippen molar-refractivity contribution in [1.82, 2.24) is 9.73 Å². The summed E-state index contributed by atoms with van der Waals surface area (Å²) in [5.41, 5.74) is 0.0826. The normalized spacial score (nSPS) is 25.9. The minimum Gasteiger partial charge on any atom is -0.321 e. The van der Waals surface area contributed by atoms with Crippen LogP contribution in [0.2, 0.25) is 0 Å². The molecule has 0 bridgehead atoms. The first kappa shape index (κ1) is 25.3. The van der Waals surface area contributed by atoms with E-state index in [0.717, 1.165) is 32.6 Å². The Hall–Kier alpha value is 0.230. The van der Waals surface area contributed by atoms with Gasteiger partial charge in [0.25, 0.3) is 8.53 Å². The maximum atomic E-state index is 6.22. The SMILES string of the molecule is CC.CCCCN(C1CC(C)(C)N(OC)C(C)(C)C1)P1OCC(C)(C)CO1. The summed E-state index contributed by atoms with van der Waals surface area (Å²) in [6.07, 6.45) is 4.49. The fraction of sp³-hybridized carbons (Fsp3) is 1.00. The summed E-state index contributed by atoms with van der Waals surface area (Å²) >= 11 is 0. The second-order valence-electron chi connectivity index (χ2n) is 9.63. The topological polar surface area (TPSA) is 34.2 Å². The minimum atomic E-state index is -0.955. The van der Waals surface area contributed by atoms with Gasteiger partial charge in [0.2, 0.25) is 0 Å². The Labute approximate surface area is 170 Å². The van der Waals surface area contributed by atoms with Gasteiger partial charge in [-0.2, -0.15) is 5.06 Å². The summed E-state index contributed by atoms with van der Waals surface area (Å²) in [7, 11) is 0.834. The second kappa shape index (κ2) is 10.3. The van der Waals surface area contributed by atoms with Crippen LogP contribution < -0.4 is 0 Å². The van der Waals surface area contributed by atoms with Crippen molar-refractivity contribution in [3.05, 3.63) is 0 Å². The quantitative estimate of drug-likeness (QED) is 0.507. The van der Waals surface area contributed by atoms with Gasteiger partial charge in [0.1, 0.15) is 0 Å². The maximum Gasteiger partial charge on any atom is 0.259 e. The third kappa shape index (κ3) is 6.62. The van der Waals surface area contributed by atoms with Crippen LogP contribution in [0, 0.1) is 5.41 Å². The summed E-state index contributed by atoms with van der Waals surface area (Å²) in [6.45, 7) is 22.4. The van der Waals surface area contributed by atoms with E-state index in [9.17, 15) is 0 Å². The Balaban J connectivity index is 0.00000176. The molecule has 162 valence electrons. The summed E-state index contributed by atoms with van der Waals surface area (Å²) in [6, 6.07) is 0.454. The van der Waals surface area contributed by atoms with E-state index in [1.165, 1.54) is 12.8 Å². The van der Waals surface area contributed by atoms with E-state index in [1.807, 2.05) is 13.8 Å². The van der Waals surface area contributed by atoms with E-state index in [-0.39, 0.29) is 16.5 Å². The Bertz CT molecular complexity index is 415. The molecule has 0 unspecified atom stereocenters. The van der Waals surface area contributed by atoms with Gasteiger partial charge in [0, 0.05) is 29.1 Å². The number of hydrogen-bond acceptors (Lipinski definition) is 5.